The van der Waals surface area contributed by atoms with Gasteiger partial charge in [-0.25, -0.2) is 0 Å². The second-order valence-corrected chi connectivity index (χ2v) is 7.55. The fraction of sp³-hybridized carbons (Fsp3) is 0.391. The molecule has 2 atom stereocenters. The lowest BCUT2D eigenvalue weighted by Gasteiger charge is -2.37. The Bertz CT molecular complexity index is 791. The number of hydrogen-bond donors (Lipinski definition) is 0. The van der Waals surface area contributed by atoms with Gasteiger partial charge in [-0.1, -0.05) is 60.7 Å². The predicted molar refractivity (Wildman–Crippen MR) is 106 cm³/mol. The number of hydroxylamine groups is 2. The minimum absolute atomic E-state index is 0.166. The molecule has 1 saturated heterocycles. The van der Waals surface area contributed by atoms with Crippen molar-refractivity contribution in [2.75, 3.05) is 13.2 Å². The van der Waals surface area contributed by atoms with Gasteiger partial charge in [-0.05, 0) is 31.1 Å². The van der Waals surface area contributed by atoms with E-state index in [9.17, 15) is 0 Å². The Hall–Kier alpha value is -2.18. The molecule has 2 aliphatic heterocycles. The molecule has 0 unspecified atom stereocenters. The van der Waals surface area contributed by atoms with Gasteiger partial charge in [0, 0.05) is 0 Å². The van der Waals surface area contributed by atoms with Gasteiger partial charge < -0.3 is 14.2 Å². The van der Waals surface area contributed by atoms with Crippen molar-refractivity contribution in [1.29, 1.82) is 0 Å². The quantitative estimate of drug-likeness (QED) is 0.755. The van der Waals surface area contributed by atoms with Crippen molar-refractivity contribution < 1.29 is 19.0 Å². The van der Waals surface area contributed by atoms with Gasteiger partial charge in [-0.15, -0.1) is 0 Å². The highest BCUT2D eigenvalue weighted by Gasteiger charge is 2.44. The molecule has 0 radical (unpaired) electrons. The Morgan fingerprint density at radius 3 is 2.32 bits per heavy atom. The molecule has 2 aromatic rings. The van der Waals surface area contributed by atoms with Crippen LogP contribution in [0.3, 0.4) is 0 Å². The first-order valence-electron chi connectivity index (χ1n) is 9.73. The molecule has 1 fully saturated rings. The van der Waals surface area contributed by atoms with Gasteiger partial charge in [0.1, 0.15) is 24.5 Å². The molecule has 4 rings (SSSR count). The van der Waals surface area contributed by atoms with Crippen molar-refractivity contribution in [3.63, 3.8) is 0 Å². The molecule has 0 amide bonds. The third-order valence-electron chi connectivity index (χ3n) is 4.94. The van der Waals surface area contributed by atoms with Gasteiger partial charge in [0.25, 0.3) is 0 Å². The summed E-state index contributed by atoms with van der Waals surface area (Å²) >= 11 is 0. The van der Waals surface area contributed by atoms with Gasteiger partial charge in [0.15, 0.2) is 5.79 Å². The molecule has 5 nitrogen and oxygen atoms in total. The monoisotopic (exact) mass is 381 g/mol. The topological polar surface area (TPSA) is 40.2 Å². The maximum atomic E-state index is 6.23. The minimum Gasteiger partial charge on any atom is -0.492 e. The zero-order valence-corrected chi connectivity index (χ0v) is 16.4. The molecule has 2 heterocycles. The lowest BCUT2D eigenvalue weighted by atomic mass is 10.1. The van der Waals surface area contributed by atoms with Crippen LogP contribution < -0.4 is 0 Å². The van der Waals surface area contributed by atoms with Gasteiger partial charge in [0.2, 0.25) is 0 Å². The third kappa shape index (κ3) is 4.62. The lowest BCUT2D eigenvalue weighted by molar-refractivity contribution is -0.225. The number of rotatable bonds is 6. The molecule has 148 valence electrons. The van der Waals surface area contributed by atoms with Gasteiger partial charge in [-0.2, -0.15) is 5.06 Å². The van der Waals surface area contributed by atoms with E-state index in [2.05, 4.69) is 24.3 Å². The van der Waals surface area contributed by atoms with Crippen molar-refractivity contribution in [3.05, 3.63) is 83.6 Å². The van der Waals surface area contributed by atoms with Crippen molar-refractivity contribution in [3.8, 4) is 0 Å². The first-order valence-corrected chi connectivity index (χ1v) is 9.73. The summed E-state index contributed by atoms with van der Waals surface area (Å²) in [7, 11) is 0. The van der Waals surface area contributed by atoms with E-state index in [0.717, 1.165) is 11.3 Å². The first kappa shape index (κ1) is 19.2. The standard InChI is InChI=1S/C23H27NO4/c1-23(2)26-17-21(28-23)22-20(25-16-19-11-7-4-8-12-19)13-14-27-24(22)15-18-9-5-3-6-10-18/h3-13,21-22H,14-17H2,1-2H3/t21-,22+/m1/s1. The molecule has 0 aliphatic carbocycles. The smallest absolute Gasteiger partial charge is 0.163 e. The summed E-state index contributed by atoms with van der Waals surface area (Å²) in [6, 6.07) is 20.3. The second-order valence-electron chi connectivity index (χ2n) is 7.55. The Morgan fingerprint density at radius 1 is 1.00 bits per heavy atom. The van der Waals surface area contributed by atoms with Crippen LogP contribution in [0.4, 0.5) is 0 Å². The Labute approximate surface area is 166 Å². The highest BCUT2D eigenvalue weighted by Crippen LogP contribution is 2.32. The van der Waals surface area contributed by atoms with Crippen LogP contribution in [-0.4, -0.2) is 36.2 Å². The zero-order chi connectivity index (χ0) is 19.4. The van der Waals surface area contributed by atoms with Crippen LogP contribution in [0.25, 0.3) is 0 Å². The lowest BCUT2D eigenvalue weighted by Crippen LogP contribution is -2.48. The van der Waals surface area contributed by atoms with Crippen LogP contribution in [0, 0.1) is 0 Å². The Balaban J connectivity index is 1.53. The average Bonchev–Trinajstić information content (AvgIpc) is 3.07. The Morgan fingerprint density at radius 2 is 1.68 bits per heavy atom. The summed E-state index contributed by atoms with van der Waals surface area (Å²) in [5, 5.41) is 1.96. The summed E-state index contributed by atoms with van der Waals surface area (Å²) in [5.74, 6) is 0.266. The third-order valence-corrected chi connectivity index (χ3v) is 4.94. The molecule has 0 aromatic heterocycles. The number of hydrogen-bond acceptors (Lipinski definition) is 5. The van der Waals surface area contributed by atoms with Crippen LogP contribution in [-0.2, 0) is 32.2 Å². The minimum atomic E-state index is -0.606. The molecule has 28 heavy (non-hydrogen) atoms. The molecule has 2 aliphatic rings. The molecule has 0 spiro atoms. The largest absolute Gasteiger partial charge is 0.492 e. The van der Waals surface area contributed by atoms with Gasteiger partial charge >= 0.3 is 0 Å². The van der Waals surface area contributed by atoms with E-state index >= 15 is 0 Å². The summed E-state index contributed by atoms with van der Waals surface area (Å²) in [6.07, 6.45) is 1.84. The summed E-state index contributed by atoms with van der Waals surface area (Å²) in [4.78, 5) is 6.00. The molecular weight excluding hydrogens is 354 g/mol. The Kier molecular flexibility index (Phi) is 5.78. The SMILES string of the molecule is CC1(C)OC[C@H]([C@@H]2C(OCc3ccccc3)=CCON2Cc2ccccc2)O1. The highest BCUT2D eigenvalue weighted by molar-refractivity contribution is 5.18. The van der Waals surface area contributed by atoms with E-state index in [1.54, 1.807) is 0 Å². The van der Waals surface area contributed by atoms with Crippen molar-refractivity contribution >= 4 is 0 Å². The van der Waals surface area contributed by atoms with Crippen molar-refractivity contribution in [1.82, 2.24) is 5.06 Å². The van der Waals surface area contributed by atoms with E-state index in [-0.39, 0.29) is 12.1 Å². The van der Waals surface area contributed by atoms with E-state index < -0.39 is 5.79 Å². The molecular formula is C23H27NO4. The molecule has 5 heteroatoms. The van der Waals surface area contributed by atoms with Gasteiger partial charge in [0.05, 0.1) is 19.8 Å². The summed E-state index contributed by atoms with van der Waals surface area (Å²) in [6.45, 7) is 6.01. The van der Waals surface area contributed by atoms with Gasteiger partial charge in [-0.3, -0.25) is 4.84 Å². The number of nitrogens with zero attached hydrogens (tertiary/aromatic N) is 1. The molecule has 0 bridgehead atoms. The zero-order valence-electron chi connectivity index (χ0n) is 16.4. The second kappa shape index (κ2) is 8.45. The maximum Gasteiger partial charge on any atom is 0.163 e. The van der Waals surface area contributed by atoms with Crippen LogP contribution in [0.1, 0.15) is 25.0 Å². The van der Waals surface area contributed by atoms with E-state index in [0.29, 0.717) is 26.4 Å². The normalized spacial score (nSPS) is 24.7. The number of ether oxygens (including phenoxy) is 3. The fourth-order valence-corrected chi connectivity index (χ4v) is 3.59. The molecule has 2 aromatic carbocycles. The van der Waals surface area contributed by atoms with Crippen molar-refractivity contribution in [2.45, 2.75) is 44.9 Å². The molecule has 0 saturated carbocycles. The maximum absolute atomic E-state index is 6.23. The van der Waals surface area contributed by atoms with Crippen molar-refractivity contribution in [2.24, 2.45) is 0 Å². The van der Waals surface area contributed by atoms with E-state index in [1.165, 1.54) is 5.56 Å². The van der Waals surface area contributed by atoms with Crippen LogP contribution in [0.5, 0.6) is 0 Å². The predicted octanol–water partition coefficient (Wildman–Crippen LogP) is 4.05. The van der Waals surface area contributed by atoms with E-state index in [1.807, 2.05) is 61.4 Å². The highest BCUT2D eigenvalue weighted by atomic mass is 16.8. The van der Waals surface area contributed by atoms with Crippen LogP contribution in [0.2, 0.25) is 0 Å². The first-order chi connectivity index (χ1) is 13.6. The molecule has 0 N–H and O–H groups in total. The average molecular weight is 381 g/mol. The fourth-order valence-electron chi connectivity index (χ4n) is 3.59. The summed E-state index contributed by atoms with van der Waals surface area (Å²) < 4.78 is 18.2. The summed E-state index contributed by atoms with van der Waals surface area (Å²) in [5.41, 5.74) is 2.31. The number of benzene rings is 2. The van der Waals surface area contributed by atoms with Crippen LogP contribution in [0.15, 0.2) is 72.5 Å². The van der Waals surface area contributed by atoms with Crippen LogP contribution >= 0.6 is 0 Å². The van der Waals surface area contributed by atoms with E-state index in [4.69, 9.17) is 19.0 Å².